The third-order valence-electron chi connectivity index (χ3n) is 4.36. The van der Waals surface area contributed by atoms with Gasteiger partial charge in [-0.15, -0.1) is 0 Å². The van der Waals surface area contributed by atoms with Crippen LogP contribution in [-0.2, 0) is 4.79 Å². The van der Waals surface area contributed by atoms with Gasteiger partial charge >= 0.3 is 0 Å². The third-order valence-corrected chi connectivity index (χ3v) is 4.36. The summed E-state index contributed by atoms with van der Waals surface area (Å²) in [7, 11) is 0. The zero-order chi connectivity index (χ0) is 18.0. The van der Waals surface area contributed by atoms with E-state index in [-0.39, 0.29) is 23.7 Å². The standard InChI is InChI=1S/C19H20FN3O2/c1-12(22-18(25)19(21)10-11-19)13-4-8-16(9-5-13)23-17(24)14-2-6-15(20)7-3-14/h2-9,12H,10-11,21H2,1H3,(H,22,25)(H,23,24). The molecule has 0 radical (unpaired) electrons. The van der Waals surface area contributed by atoms with E-state index in [0.717, 1.165) is 18.4 Å². The van der Waals surface area contributed by atoms with Crippen LogP contribution in [0.4, 0.5) is 10.1 Å². The minimum absolute atomic E-state index is 0.131. The fourth-order valence-corrected chi connectivity index (χ4v) is 2.45. The summed E-state index contributed by atoms with van der Waals surface area (Å²) in [5.74, 6) is -0.830. The minimum Gasteiger partial charge on any atom is -0.348 e. The normalized spacial score (nSPS) is 16.0. The molecule has 1 fully saturated rings. The molecule has 4 N–H and O–H groups in total. The molecule has 130 valence electrons. The van der Waals surface area contributed by atoms with Gasteiger partial charge in [0.25, 0.3) is 5.91 Å². The first-order valence-corrected chi connectivity index (χ1v) is 8.14. The molecule has 2 aromatic rings. The third kappa shape index (κ3) is 4.03. The first-order valence-electron chi connectivity index (χ1n) is 8.14. The van der Waals surface area contributed by atoms with Crippen molar-refractivity contribution in [1.29, 1.82) is 0 Å². The summed E-state index contributed by atoms with van der Waals surface area (Å²) in [6.45, 7) is 1.88. The van der Waals surface area contributed by atoms with Crippen molar-refractivity contribution in [2.45, 2.75) is 31.3 Å². The molecule has 0 aliphatic heterocycles. The summed E-state index contributed by atoms with van der Waals surface area (Å²) in [4.78, 5) is 24.1. The number of anilines is 1. The summed E-state index contributed by atoms with van der Waals surface area (Å²) in [6, 6.07) is 12.4. The molecular formula is C19H20FN3O2. The Balaban J connectivity index is 1.60. The summed E-state index contributed by atoms with van der Waals surface area (Å²) in [6.07, 6.45) is 1.44. The van der Waals surface area contributed by atoms with Crippen molar-refractivity contribution in [1.82, 2.24) is 5.32 Å². The van der Waals surface area contributed by atoms with E-state index in [1.165, 1.54) is 24.3 Å². The maximum atomic E-state index is 12.9. The zero-order valence-corrected chi connectivity index (χ0v) is 13.9. The fourth-order valence-electron chi connectivity index (χ4n) is 2.45. The largest absolute Gasteiger partial charge is 0.348 e. The van der Waals surface area contributed by atoms with Gasteiger partial charge in [0, 0.05) is 11.3 Å². The summed E-state index contributed by atoms with van der Waals surface area (Å²) in [5, 5.41) is 5.65. The summed E-state index contributed by atoms with van der Waals surface area (Å²) in [5.41, 5.74) is 7.09. The second-order valence-corrected chi connectivity index (χ2v) is 6.43. The molecule has 0 heterocycles. The van der Waals surface area contributed by atoms with Gasteiger partial charge in [-0.25, -0.2) is 4.39 Å². The molecule has 1 aliphatic carbocycles. The molecule has 1 atom stereocenters. The lowest BCUT2D eigenvalue weighted by molar-refractivity contribution is -0.123. The second kappa shape index (κ2) is 6.64. The molecule has 3 rings (SSSR count). The van der Waals surface area contributed by atoms with Crippen molar-refractivity contribution in [2.75, 3.05) is 5.32 Å². The topological polar surface area (TPSA) is 84.2 Å². The lowest BCUT2D eigenvalue weighted by Crippen LogP contribution is -2.43. The van der Waals surface area contributed by atoms with Crippen LogP contribution in [0.1, 0.15) is 41.7 Å². The Morgan fingerprint density at radius 1 is 1.08 bits per heavy atom. The second-order valence-electron chi connectivity index (χ2n) is 6.43. The van der Waals surface area contributed by atoms with E-state index in [4.69, 9.17) is 5.73 Å². The van der Waals surface area contributed by atoms with Crippen LogP contribution in [0.25, 0.3) is 0 Å². The lowest BCUT2D eigenvalue weighted by atomic mass is 10.1. The molecule has 0 bridgehead atoms. The van der Waals surface area contributed by atoms with Gasteiger partial charge in [-0.1, -0.05) is 12.1 Å². The van der Waals surface area contributed by atoms with Crippen molar-refractivity contribution in [3.63, 3.8) is 0 Å². The number of halogens is 1. The first-order chi connectivity index (χ1) is 11.9. The smallest absolute Gasteiger partial charge is 0.255 e. The molecule has 1 saturated carbocycles. The van der Waals surface area contributed by atoms with Gasteiger partial charge in [-0.05, 0) is 61.7 Å². The Labute approximate surface area is 145 Å². The van der Waals surface area contributed by atoms with Crippen LogP contribution in [0.3, 0.4) is 0 Å². The molecule has 1 unspecified atom stereocenters. The molecule has 6 heteroatoms. The van der Waals surface area contributed by atoms with Gasteiger partial charge < -0.3 is 16.4 Å². The van der Waals surface area contributed by atoms with Gasteiger partial charge in [-0.2, -0.15) is 0 Å². The van der Waals surface area contributed by atoms with Gasteiger partial charge in [0.1, 0.15) is 5.82 Å². The highest BCUT2D eigenvalue weighted by atomic mass is 19.1. The fraction of sp³-hybridized carbons (Fsp3) is 0.263. The number of rotatable bonds is 5. The Hall–Kier alpha value is -2.73. The number of amides is 2. The van der Waals surface area contributed by atoms with E-state index >= 15 is 0 Å². The van der Waals surface area contributed by atoms with Gasteiger partial charge in [0.05, 0.1) is 11.6 Å². The molecule has 1 aliphatic rings. The van der Waals surface area contributed by atoms with Gasteiger partial charge in [0.2, 0.25) is 5.91 Å². The highest BCUT2D eigenvalue weighted by Crippen LogP contribution is 2.33. The monoisotopic (exact) mass is 341 g/mol. The first kappa shape index (κ1) is 17.1. The summed E-state index contributed by atoms with van der Waals surface area (Å²) < 4.78 is 12.9. The molecule has 25 heavy (non-hydrogen) atoms. The van der Waals surface area contributed by atoms with Crippen molar-refractivity contribution in [3.05, 3.63) is 65.5 Å². The van der Waals surface area contributed by atoms with Crippen LogP contribution in [0.15, 0.2) is 48.5 Å². The van der Waals surface area contributed by atoms with Crippen molar-refractivity contribution < 1.29 is 14.0 Å². The Kier molecular flexibility index (Phi) is 4.55. The summed E-state index contributed by atoms with van der Waals surface area (Å²) >= 11 is 0. The van der Waals surface area contributed by atoms with E-state index in [2.05, 4.69) is 10.6 Å². The van der Waals surface area contributed by atoms with E-state index in [1.807, 2.05) is 19.1 Å². The predicted octanol–water partition coefficient (Wildman–Crippen LogP) is 2.75. The number of carbonyl (C=O) groups is 2. The zero-order valence-electron chi connectivity index (χ0n) is 13.9. The maximum absolute atomic E-state index is 12.9. The van der Waals surface area contributed by atoms with Crippen LogP contribution < -0.4 is 16.4 Å². The van der Waals surface area contributed by atoms with Gasteiger partial charge in [-0.3, -0.25) is 9.59 Å². The number of hydrogen-bond donors (Lipinski definition) is 3. The lowest BCUT2D eigenvalue weighted by Gasteiger charge is -2.17. The number of nitrogens with one attached hydrogen (secondary N) is 2. The van der Waals surface area contributed by atoms with Crippen LogP contribution >= 0.6 is 0 Å². The van der Waals surface area contributed by atoms with Crippen molar-refractivity contribution in [2.24, 2.45) is 5.73 Å². The molecule has 2 amide bonds. The van der Waals surface area contributed by atoms with Crippen molar-refractivity contribution in [3.8, 4) is 0 Å². The Morgan fingerprint density at radius 2 is 1.68 bits per heavy atom. The highest BCUT2D eigenvalue weighted by molar-refractivity contribution is 6.04. The number of nitrogens with two attached hydrogens (primary N) is 1. The average molecular weight is 341 g/mol. The SMILES string of the molecule is CC(NC(=O)C1(N)CC1)c1ccc(NC(=O)c2ccc(F)cc2)cc1. The van der Waals surface area contributed by atoms with Crippen LogP contribution in [0.2, 0.25) is 0 Å². The molecular weight excluding hydrogens is 321 g/mol. The number of benzene rings is 2. The molecule has 0 aromatic heterocycles. The number of hydrogen-bond acceptors (Lipinski definition) is 3. The minimum atomic E-state index is -0.697. The van der Waals surface area contributed by atoms with Crippen LogP contribution in [0.5, 0.6) is 0 Å². The van der Waals surface area contributed by atoms with E-state index in [9.17, 15) is 14.0 Å². The average Bonchev–Trinajstić information content (AvgIpc) is 3.35. The number of carbonyl (C=O) groups excluding carboxylic acids is 2. The predicted molar refractivity (Wildman–Crippen MR) is 93.5 cm³/mol. The molecule has 0 spiro atoms. The maximum Gasteiger partial charge on any atom is 0.255 e. The molecule has 5 nitrogen and oxygen atoms in total. The van der Waals surface area contributed by atoms with E-state index < -0.39 is 5.54 Å². The Morgan fingerprint density at radius 3 is 2.24 bits per heavy atom. The van der Waals surface area contributed by atoms with Crippen molar-refractivity contribution >= 4 is 17.5 Å². The quantitative estimate of drug-likeness (QED) is 0.782. The van der Waals surface area contributed by atoms with Crippen LogP contribution in [0, 0.1) is 5.82 Å². The van der Waals surface area contributed by atoms with E-state index in [0.29, 0.717) is 11.3 Å². The highest BCUT2D eigenvalue weighted by Gasteiger charge is 2.46. The van der Waals surface area contributed by atoms with Gasteiger partial charge in [0.15, 0.2) is 0 Å². The molecule has 2 aromatic carbocycles. The molecule has 0 saturated heterocycles. The van der Waals surface area contributed by atoms with Crippen LogP contribution in [-0.4, -0.2) is 17.4 Å². The van der Waals surface area contributed by atoms with E-state index in [1.54, 1.807) is 12.1 Å². The Bertz CT molecular complexity index is 783.